The molecule has 0 bridgehead atoms. The smallest absolute Gasteiger partial charge is 0.272 e. The van der Waals surface area contributed by atoms with Crippen LogP contribution in [0.1, 0.15) is 11.1 Å². The Morgan fingerprint density at radius 3 is 1.15 bits per heavy atom. The standard InChI is InChI=1S/2C6H8N2.2H2O4S/c2*1-5-3-2-4-8-6(5)7;2*1-5(2,3)4/h2*2-4H,1H3,(H2,7,8);2*(H2,1,2,3,4). The van der Waals surface area contributed by atoms with Crippen LogP contribution >= 0.6 is 0 Å². The van der Waals surface area contributed by atoms with E-state index >= 15 is 0 Å². The minimum Gasteiger partial charge on any atom is -0.726 e. The van der Waals surface area contributed by atoms with Crippen LogP contribution in [0.2, 0.25) is 0 Å². The highest BCUT2D eigenvalue weighted by Gasteiger charge is 1.93. The third-order valence-electron chi connectivity index (χ3n) is 2.21. The molecule has 0 spiro atoms. The van der Waals surface area contributed by atoms with E-state index < -0.39 is 20.8 Å². The highest BCUT2D eigenvalue weighted by Crippen LogP contribution is 1.98. The van der Waals surface area contributed by atoms with Crippen molar-refractivity contribution in [2.75, 3.05) is 11.5 Å². The Bertz CT molecular complexity index is 741. The third kappa shape index (κ3) is 23.9. The van der Waals surface area contributed by atoms with Crippen LogP contribution in [0.4, 0.5) is 11.6 Å². The SMILES string of the molecule is Cc1ccc[nH+]c1N.Cc1ccc[nH+]c1N.O=S(=O)([O-])O.O=S(=O)([O-])O. The lowest BCUT2D eigenvalue weighted by molar-refractivity contribution is -0.361. The number of anilines is 2. The van der Waals surface area contributed by atoms with E-state index in [0.29, 0.717) is 0 Å². The molecule has 2 aromatic heterocycles. The van der Waals surface area contributed by atoms with Crippen molar-refractivity contribution in [3.05, 3.63) is 47.8 Å². The summed E-state index contributed by atoms with van der Waals surface area (Å²) >= 11 is 0. The van der Waals surface area contributed by atoms with Gasteiger partial charge in [0.25, 0.3) is 11.6 Å². The van der Waals surface area contributed by atoms with Crippen molar-refractivity contribution >= 4 is 32.4 Å². The Kier molecular flexibility index (Phi) is 12.0. The van der Waals surface area contributed by atoms with Crippen LogP contribution < -0.4 is 21.4 Å². The number of nitrogens with two attached hydrogens (primary N) is 2. The van der Waals surface area contributed by atoms with Crippen LogP contribution in [0.25, 0.3) is 0 Å². The molecule has 2 aromatic rings. The van der Waals surface area contributed by atoms with Gasteiger partial charge in [-0.3, -0.25) is 20.6 Å². The predicted molar refractivity (Wildman–Crippen MR) is 88.9 cm³/mol. The number of hydrogen-bond donors (Lipinski definition) is 4. The van der Waals surface area contributed by atoms with E-state index in [1.165, 1.54) is 0 Å². The van der Waals surface area contributed by atoms with Crippen LogP contribution in [0, 0.1) is 13.8 Å². The first-order chi connectivity index (χ1) is 11.6. The molecule has 12 nitrogen and oxygen atoms in total. The van der Waals surface area contributed by atoms with Gasteiger partial charge in [-0.1, -0.05) is 0 Å². The zero-order valence-corrected chi connectivity index (χ0v) is 15.4. The summed E-state index contributed by atoms with van der Waals surface area (Å²) in [6.07, 6.45) is 3.62. The molecule has 2 heterocycles. The second kappa shape index (κ2) is 12.1. The van der Waals surface area contributed by atoms with Crippen LogP contribution in [-0.2, 0) is 20.8 Å². The molecule has 0 radical (unpaired) electrons. The average Bonchev–Trinajstić information content (AvgIpc) is 2.43. The number of aromatic amines is 2. The minimum absolute atomic E-state index is 0.743. The Hall–Kier alpha value is -2.36. The molecule has 0 aromatic carbocycles. The van der Waals surface area contributed by atoms with Gasteiger partial charge < -0.3 is 9.11 Å². The van der Waals surface area contributed by atoms with Crippen molar-refractivity contribution in [1.29, 1.82) is 0 Å². The van der Waals surface area contributed by atoms with Crippen molar-refractivity contribution in [2.24, 2.45) is 0 Å². The van der Waals surface area contributed by atoms with Gasteiger partial charge in [0.2, 0.25) is 20.8 Å². The molecular formula is C12H20N4O8S2. The Labute approximate surface area is 151 Å². The molecule has 0 atom stereocenters. The van der Waals surface area contributed by atoms with Crippen LogP contribution in [0.15, 0.2) is 36.7 Å². The molecule has 26 heavy (non-hydrogen) atoms. The van der Waals surface area contributed by atoms with E-state index in [-0.39, 0.29) is 0 Å². The number of nitrogen functional groups attached to an aromatic ring is 2. The van der Waals surface area contributed by atoms with Gasteiger partial charge in [-0.15, -0.1) is 0 Å². The van der Waals surface area contributed by atoms with Gasteiger partial charge in [0.1, 0.15) is 0 Å². The maximum atomic E-state index is 8.63. The average molecular weight is 412 g/mol. The van der Waals surface area contributed by atoms with Crippen molar-refractivity contribution in [1.82, 2.24) is 0 Å². The summed E-state index contributed by atoms with van der Waals surface area (Å²) in [6, 6.07) is 7.77. The van der Waals surface area contributed by atoms with Gasteiger partial charge >= 0.3 is 0 Å². The first-order valence-corrected chi connectivity index (χ1v) is 9.16. The fraction of sp³-hybridized carbons (Fsp3) is 0.167. The molecule has 0 aliphatic heterocycles. The van der Waals surface area contributed by atoms with Gasteiger partial charge in [-0.25, -0.2) is 26.8 Å². The highest BCUT2D eigenvalue weighted by atomic mass is 32.3. The molecule has 8 N–H and O–H groups in total. The van der Waals surface area contributed by atoms with Gasteiger partial charge in [-0.2, -0.15) is 0 Å². The maximum absolute atomic E-state index is 8.63. The molecule has 0 saturated heterocycles. The zero-order chi connectivity index (χ0) is 21.0. The van der Waals surface area contributed by atoms with Gasteiger partial charge in [0.05, 0.1) is 12.4 Å². The van der Waals surface area contributed by atoms with Gasteiger partial charge in [-0.05, 0) is 38.1 Å². The molecule has 0 fully saturated rings. The summed E-state index contributed by atoms with van der Waals surface area (Å²) in [5, 5.41) is 0. The number of rotatable bonds is 0. The quantitative estimate of drug-likeness (QED) is 0.297. The zero-order valence-electron chi connectivity index (χ0n) is 13.8. The second-order valence-electron chi connectivity index (χ2n) is 4.39. The Morgan fingerprint density at radius 1 is 0.808 bits per heavy atom. The van der Waals surface area contributed by atoms with Crippen molar-refractivity contribution < 1.29 is 45.0 Å². The molecule has 0 saturated carbocycles. The normalized spacial score (nSPS) is 10.1. The molecule has 148 valence electrons. The largest absolute Gasteiger partial charge is 0.726 e. The first kappa shape index (κ1) is 25.9. The lowest BCUT2D eigenvalue weighted by Crippen LogP contribution is -2.09. The van der Waals surface area contributed by atoms with Crippen molar-refractivity contribution in [3.8, 4) is 0 Å². The molecule has 14 heteroatoms. The maximum Gasteiger partial charge on any atom is 0.272 e. The number of aryl methyl sites for hydroxylation is 2. The van der Waals surface area contributed by atoms with E-state index in [1.54, 1.807) is 0 Å². The fourth-order valence-electron chi connectivity index (χ4n) is 1.07. The number of nitrogens with one attached hydrogen (secondary N) is 2. The van der Waals surface area contributed by atoms with E-state index in [2.05, 4.69) is 9.97 Å². The van der Waals surface area contributed by atoms with Gasteiger partial charge in [0.15, 0.2) is 0 Å². The molecule has 0 amide bonds. The number of pyridine rings is 2. The number of hydrogen-bond acceptors (Lipinski definition) is 8. The summed E-state index contributed by atoms with van der Waals surface area (Å²) in [6.45, 7) is 3.93. The predicted octanol–water partition coefficient (Wildman–Crippen LogP) is -1.21. The van der Waals surface area contributed by atoms with Gasteiger partial charge in [0, 0.05) is 11.1 Å². The van der Waals surface area contributed by atoms with E-state index in [0.717, 1.165) is 22.8 Å². The van der Waals surface area contributed by atoms with E-state index in [4.69, 9.17) is 46.5 Å². The lowest BCUT2D eigenvalue weighted by atomic mass is 10.3. The number of H-pyrrole nitrogens is 2. The number of aromatic nitrogens is 2. The minimum atomic E-state index is -4.92. The van der Waals surface area contributed by atoms with Crippen molar-refractivity contribution in [2.45, 2.75) is 13.8 Å². The monoisotopic (exact) mass is 412 g/mol. The summed E-state index contributed by atoms with van der Waals surface area (Å²) in [5.41, 5.74) is 13.1. The Morgan fingerprint density at radius 2 is 1.04 bits per heavy atom. The topological polar surface area (TPSA) is 235 Å². The summed E-state index contributed by atoms with van der Waals surface area (Å²) in [4.78, 5) is 5.75. The Balaban J connectivity index is 0. The van der Waals surface area contributed by atoms with E-state index in [1.807, 2.05) is 50.5 Å². The van der Waals surface area contributed by atoms with Crippen molar-refractivity contribution in [3.63, 3.8) is 0 Å². The summed E-state index contributed by atoms with van der Waals surface area (Å²) in [7, 11) is -9.83. The van der Waals surface area contributed by atoms with Crippen LogP contribution in [0.3, 0.4) is 0 Å². The van der Waals surface area contributed by atoms with E-state index in [9.17, 15) is 0 Å². The molecule has 0 aliphatic rings. The van der Waals surface area contributed by atoms with Crippen LogP contribution in [0.5, 0.6) is 0 Å². The highest BCUT2D eigenvalue weighted by molar-refractivity contribution is 7.80. The summed E-state index contributed by atoms with van der Waals surface area (Å²) < 4.78 is 65.7. The summed E-state index contributed by atoms with van der Waals surface area (Å²) in [5.74, 6) is 1.49. The second-order valence-corrected chi connectivity index (χ2v) is 6.10. The fourth-order valence-corrected chi connectivity index (χ4v) is 1.07. The first-order valence-electron chi connectivity index (χ1n) is 6.43. The molecule has 0 unspecified atom stereocenters. The molecule has 0 aliphatic carbocycles. The van der Waals surface area contributed by atoms with Crippen LogP contribution in [-0.4, -0.2) is 35.0 Å². The molecular weight excluding hydrogens is 392 g/mol. The molecule has 2 rings (SSSR count). The lowest BCUT2D eigenvalue weighted by Gasteiger charge is -1.88. The third-order valence-corrected chi connectivity index (χ3v) is 2.21.